The number of aliphatic hydroxyl groups is 1. The molecule has 0 aromatic heterocycles. The predicted molar refractivity (Wildman–Crippen MR) is 79.9 cm³/mol. The van der Waals surface area contributed by atoms with Crippen LogP contribution in [0.5, 0.6) is 0 Å². The van der Waals surface area contributed by atoms with Gasteiger partial charge in [0.25, 0.3) is 0 Å². The van der Waals surface area contributed by atoms with Crippen LogP contribution in [-0.4, -0.2) is 68.8 Å². The van der Waals surface area contributed by atoms with Gasteiger partial charge in [0.2, 0.25) is 0 Å². The second-order valence-corrected chi connectivity index (χ2v) is 4.65. The third kappa shape index (κ3) is 17.8. The molecule has 3 N–H and O–H groups in total. The summed E-state index contributed by atoms with van der Waals surface area (Å²) in [5.74, 6) is -0.910. The Labute approximate surface area is 224 Å². The fraction of sp³-hybridized carbons (Fsp3) is 0.833. The van der Waals surface area contributed by atoms with E-state index in [4.69, 9.17) is 5.11 Å². The number of carbonyl (C=O) groups is 2. The molecule has 0 aliphatic carbocycles. The molecule has 0 bridgehead atoms. The normalized spacial score (nSPS) is 13.9. The van der Waals surface area contributed by atoms with Crippen molar-refractivity contribution in [3.05, 3.63) is 0 Å². The zero-order valence-corrected chi connectivity index (χ0v) is 22.1. The molecular formula is C12H26Ar2HgN2O5S. The number of carbonyl (C=O) groups excluding carboxylic acids is 2. The number of ether oxygens (including phenoxy) is 2. The molecule has 4 atom stereocenters. The van der Waals surface area contributed by atoms with E-state index in [1.54, 1.807) is 21.0 Å². The van der Waals surface area contributed by atoms with E-state index in [0.717, 1.165) is 0 Å². The summed E-state index contributed by atoms with van der Waals surface area (Å²) >= 11 is 4.04. The Balaban J connectivity index is -0.0000000831. The molecule has 0 heterocycles. The van der Waals surface area contributed by atoms with Crippen LogP contribution >= 0.6 is 12.6 Å². The summed E-state index contributed by atoms with van der Waals surface area (Å²) in [5.41, 5.74) is 0. The van der Waals surface area contributed by atoms with Gasteiger partial charge in [-0.1, -0.05) is 0 Å². The molecule has 7 nitrogen and oxygen atoms in total. The van der Waals surface area contributed by atoms with Crippen molar-refractivity contribution in [1.29, 1.82) is 0 Å². The van der Waals surface area contributed by atoms with Gasteiger partial charge in [-0.25, -0.2) is 4.79 Å². The first-order valence-electron chi connectivity index (χ1n) is 6.13. The van der Waals surface area contributed by atoms with Gasteiger partial charge >= 0.3 is 11.9 Å². The standard InChI is InChI=1S/C6H13NO3.C6H13NO2S.2Ar.Hg/c1-4(7-2)5(8)6(9)10-3;1-4(7-2)5(10)6(8)9-3;;;/h4-5,7-8H,1-3H3;4-5,7,10H,1-3H3;;;/t4-,5+;4-,5-;;;/m00.../s1. The maximum absolute atomic E-state index is 10.8. The van der Waals surface area contributed by atoms with Crippen LogP contribution in [0.1, 0.15) is 13.8 Å². The average Bonchev–Trinajstić information content (AvgIpc) is 2.50. The van der Waals surface area contributed by atoms with Crippen LogP contribution in [0.3, 0.4) is 0 Å². The van der Waals surface area contributed by atoms with E-state index < -0.39 is 12.1 Å². The third-order valence-corrected chi connectivity index (χ3v) is 3.40. The average molecular weight is 591 g/mol. The van der Waals surface area contributed by atoms with E-state index in [2.05, 4.69) is 32.7 Å². The molecule has 0 aromatic rings. The molecule has 23 heavy (non-hydrogen) atoms. The number of hydrogen-bond acceptors (Lipinski definition) is 8. The Kier molecular flexibility index (Phi) is 36.0. The molecule has 0 rings (SSSR count). The Morgan fingerprint density at radius 3 is 1.57 bits per heavy atom. The van der Waals surface area contributed by atoms with Gasteiger partial charge in [0.15, 0.2) is 6.10 Å². The van der Waals surface area contributed by atoms with Gasteiger partial charge in [-0.2, -0.15) is 12.6 Å². The minimum atomic E-state index is -1.07. The molecule has 0 saturated carbocycles. The molecule has 138 valence electrons. The van der Waals surface area contributed by atoms with Gasteiger partial charge in [-0.05, 0) is 27.9 Å². The van der Waals surface area contributed by atoms with E-state index in [1.165, 1.54) is 14.2 Å². The summed E-state index contributed by atoms with van der Waals surface area (Å²) in [4.78, 5) is 21.4. The van der Waals surface area contributed by atoms with Gasteiger partial charge in [-0.3, -0.25) is 4.79 Å². The smallest absolute Gasteiger partial charge is 0.336 e. The summed E-state index contributed by atoms with van der Waals surface area (Å²) in [5, 5.41) is 14.3. The molecule has 0 saturated heterocycles. The quantitative estimate of drug-likeness (QED) is 0.183. The van der Waals surface area contributed by atoms with Crippen LogP contribution < -0.4 is 10.6 Å². The molecule has 0 spiro atoms. The second kappa shape index (κ2) is 22.7. The monoisotopic (exact) mass is 592 g/mol. The van der Waals surface area contributed by atoms with Crippen molar-refractivity contribution in [1.82, 2.24) is 10.6 Å². The van der Waals surface area contributed by atoms with Gasteiger partial charge in [-0.15, -0.1) is 0 Å². The molecule has 0 amide bonds. The maximum Gasteiger partial charge on any atom is 0.336 e. The summed E-state index contributed by atoms with van der Waals surface area (Å²) in [6.07, 6.45) is -1.07. The SMILES string of the molecule is CN[C@@H](C)[C@@H](O)C(=O)OC.CN[C@@H](C)[C@H](S)C(=O)OC.[Ar].[Ar].[Hg]. The number of esters is 2. The Bertz CT molecular complexity index is 279. The fourth-order valence-corrected chi connectivity index (χ4v) is 1.22. The topological polar surface area (TPSA) is 96.9 Å². The van der Waals surface area contributed by atoms with Crippen LogP contribution in [0.2, 0.25) is 0 Å². The van der Waals surface area contributed by atoms with Gasteiger partial charge in [0, 0.05) is 115 Å². The van der Waals surface area contributed by atoms with Crippen LogP contribution in [0.4, 0.5) is 0 Å². The minimum absolute atomic E-state index is 0. The summed E-state index contributed by atoms with van der Waals surface area (Å²) in [6.45, 7) is 3.57. The third-order valence-electron chi connectivity index (χ3n) is 2.74. The molecule has 0 aliphatic rings. The number of rotatable bonds is 6. The first-order valence-corrected chi connectivity index (χ1v) is 6.64. The molecule has 0 fully saturated rings. The number of hydrogen-bond donors (Lipinski definition) is 4. The Hall–Kier alpha value is 2.62. The van der Waals surface area contributed by atoms with E-state index in [-0.39, 0.29) is 126 Å². The zero-order chi connectivity index (χ0) is 16.3. The van der Waals surface area contributed by atoms with Gasteiger partial charge < -0.3 is 25.2 Å². The number of nitrogens with one attached hydrogen (secondary N) is 2. The Morgan fingerprint density at radius 2 is 1.30 bits per heavy atom. The summed E-state index contributed by atoms with van der Waals surface area (Å²) in [7, 11) is 6.04. The predicted octanol–water partition coefficient (Wildman–Crippen LogP) is -0.809. The number of thiol groups is 1. The number of aliphatic hydroxyl groups excluding tert-OH is 1. The molecule has 0 radical (unpaired) electrons. The number of likely N-dealkylation sites (N-methyl/N-ethyl adjacent to an activating group) is 1. The second-order valence-electron chi connectivity index (χ2n) is 4.09. The van der Waals surface area contributed by atoms with E-state index in [1.807, 2.05) is 6.92 Å². The molecule has 0 aliphatic heterocycles. The first kappa shape index (κ1) is 36.5. The summed E-state index contributed by atoms with van der Waals surface area (Å²) in [6, 6.07) is -0.233. The molecule has 0 aromatic carbocycles. The van der Waals surface area contributed by atoms with Crippen LogP contribution in [-0.2, 0) is 46.7 Å². The number of methoxy groups -OCH3 is 2. The molecule has 0 unspecified atom stereocenters. The van der Waals surface area contributed by atoms with Crippen molar-refractivity contribution >= 4 is 24.6 Å². The zero-order valence-electron chi connectivity index (χ0n) is 14.3. The van der Waals surface area contributed by atoms with E-state index in [9.17, 15) is 9.59 Å². The van der Waals surface area contributed by atoms with Crippen LogP contribution in [0, 0.1) is 75.5 Å². The largest absolute Gasteiger partial charge is 0.468 e. The van der Waals surface area contributed by atoms with Crippen molar-refractivity contribution in [2.24, 2.45) is 0 Å². The molecule has 11 heteroatoms. The van der Waals surface area contributed by atoms with Crippen molar-refractivity contribution in [2.45, 2.75) is 37.3 Å². The Morgan fingerprint density at radius 1 is 0.957 bits per heavy atom. The van der Waals surface area contributed by atoms with E-state index >= 15 is 0 Å². The molecular weight excluding hydrogens is 565 g/mol. The fourth-order valence-electron chi connectivity index (χ4n) is 0.965. The van der Waals surface area contributed by atoms with Crippen molar-refractivity contribution < 1.29 is 127 Å². The van der Waals surface area contributed by atoms with Crippen molar-refractivity contribution in [3.8, 4) is 0 Å². The maximum atomic E-state index is 10.8. The first-order chi connectivity index (χ1) is 9.26. The minimum Gasteiger partial charge on any atom is -0.468 e. The van der Waals surface area contributed by atoms with Crippen molar-refractivity contribution in [2.75, 3.05) is 28.3 Å². The van der Waals surface area contributed by atoms with Crippen LogP contribution in [0.15, 0.2) is 0 Å². The van der Waals surface area contributed by atoms with E-state index in [0.29, 0.717) is 0 Å². The van der Waals surface area contributed by atoms with Crippen molar-refractivity contribution in [3.63, 3.8) is 0 Å². The van der Waals surface area contributed by atoms with Gasteiger partial charge in [0.1, 0.15) is 5.25 Å². The summed E-state index contributed by atoms with van der Waals surface area (Å²) < 4.78 is 8.79. The van der Waals surface area contributed by atoms with Gasteiger partial charge in [0.05, 0.1) is 14.2 Å². The van der Waals surface area contributed by atoms with Crippen LogP contribution in [0.25, 0.3) is 0 Å².